The third-order valence-corrected chi connectivity index (χ3v) is 4.51. The number of aryl methyl sites for hydroxylation is 1. The molecule has 6 nitrogen and oxygen atoms in total. The van der Waals surface area contributed by atoms with Gasteiger partial charge in [0.1, 0.15) is 11.6 Å². The topological polar surface area (TPSA) is 72.7 Å². The summed E-state index contributed by atoms with van der Waals surface area (Å²) in [6, 6.07) is 9.54. The van der Waals surface area contributed by atoms with Crippen LogP contribution in [-0.2, 0) is 0 Å². The lowest BCUT2D eigenvalue weighted by molar-refractivity contribution is 0.102. The molecule has 25 heavy (non-hydrogen) atoms. The lowest BCUT2D eigenvalue weighted by atomic mass is 10.3. The molecule has 0 saturated heterocycles. The quantitative estimate of drug-likeness (QED) is 0.611. The molecule has 0 radical (unpaired) electrons. The number of hydrogen-bond donors (Lipinski definition) is 1. The number of aromatic nitrogens is 4. The second-order valence-electron chi connectivity index (χ2n) is 5.39. The third kappa shape index (κ3) is 2.99. The van der Waals surface area contributed by atoms with Gasteiger partial charge in [0.2, 0.25) is 5.13 Å². The minimum atomic E-state index is -0.315. The predicted octanol–water partition coefficient (Wildman–Crippen LogP) is 3.58. The van der Waals surface area contributed by atoms with Crippen molar-refractivity contribution in [3.05, 3.63) is 65.9 Å². The van der Waals surface area contributed by atoms with Crippen molar-refractivity contribution in [2.24, 2.45) is 0 Å². The van der Waals surface area contributed by atoms with Crippen molar-refractivity contribution in [1.29, 1.82) is 0 Å². The van der Waals surface area contributed by atoms with Crippen molar-refractivity contribution < 1.29 is 9.18 Å². The monoisotopic (exact) mass is 353 g/mol. The summed E-state index contributed by atoms with van der Waals surface area (Å²) in [7, 11) is 0. The molecule has 0 spiro atoms. The van der Waals surface area contributed by atoms with Gasteiger partial charge < -0.3 is 5.32 Å². The van der Waals surface area contributed by atoms with Crippen LogP contribution in [-0.4, -0.2) is 25.7 Å². The fourth-order valence-corrected chi connectivity index (χ4v) is 3.35. The van der Waals surface area contributed by atoms with E-state index >= 15 is 0 Å². The number of amides is 1. The Morgan fingerprint density at radius 3 is 2.96 bits per heavy atom. The number of rotatable bonds is 3. The van der Waals surface area contributed by atoms with Crippen LogP contribution < -0.4 is 5.32 Å². The summed E-state index contributed by atoms with van der Waals surface area (Å²) in [5, 5.41) is 7.75. The first-order valence-corrected chi connectivity index (χ1v) is 8.26. The number of nitrogens with one attached hydrogen (secondary N) is 1. The van der Waals surface area contributed by atoms with Gasteiger partial charge in [0, 0.05) is 18.5 Å². The first-order valence-electron chi connectivity index (χ1n) is 7.45. The lowest BCUT2D eigenvalue weighted by Crippen LogP contribution is -2.15. The molecule has 0 atom stereocenters. The third-order valence-electron chi connectivity index (χ3n) is 3.52. The lowest BCUT2D eigenvalue weighted by Gasteiger charge is -2.06. The molecule has 4 rings (SSSR count). The Balaban J connectivity index is 1.72. The first-order chi connectivity index (χ1) is 12.1. The number of anilines is 1. The van der Waals surface area contributed by atoms with Gasteiger partial charge in [0.25, 0.3) is 5.91 Å². The molecule has 1 N–H and O–H groups in total. The molecule has 0 aliphatic rings. The summed E-state index contributed by atoms with van der Waals surface area (Å²) >= 11 is 1.30. The van der Waals surface area contributed by atoms with Gasteiger partial charge in [-0.05, 0) is 37.3 Å². The fourth-order valence-electron chi connectivity index (χ4n) is 2.40. The molecular weight excluding hydrogens is 341 g/mol. The highest BCUT2D eigenvalue weighted by atomic mass is 32.1. The number of nitrogens with zero attached hydrogens (tertiary/aromatic N) is 4. The van der Waals surface area contributed by atoms with E-state index in [9.17, 15) is 9.18 Å². The van der Waals surface area contributed by atoms with Gasteiger partial charge in [-0.15, -0.1) is 0 Å². The predicted molar refractivity (Wildman–Crippen MR) is 93.6 cm³/mol. The maximum atomic E-state index is 13.4. The molecule has 0 fully saturated rings. The van der Waals surface area contributed by atoms with E-state index in [1.807, 2.05) is 6.92 Å². The van der Waals surface area contributed by atoms with Gasteiger partial charge in [-0.2, -0.15) is 9.78 Å². The van der Waals surface area contributed by atoms with Crippen molar-refractivity contribution in [3.63, 3.8) is 0 Å². The number of halogens is 1. The van der Waals surface area contributed by atoms with Crippen molar-refractivity contribution in [3.8, 4) is 5.13 Å². The van der Waals surface area contributed by atoms with Gasteiger partial charge in [0.15, 0.2) is 0 Å². The van der Waals surface area contributed by atoms with Crippen molar-refractivity contribution in [2.45, 2.75) is 6.92 Å². The first kappa shape index (κ1) is 15.4. The molecule has 1 amide bonds. The van der Waals surface area contributed by atoms with E-state index in [1.54, 1.807) is 35.1 Å². The summed E-state index contributed by atoms with van der Waals surface area (Å²) in [6.07, 6.45) is 3.09. The van der Waals surface area contributed by atoms with Crippen LogP contribution in [0.3, 0.4) is 0 Å². The highest BCUT2D eigenvalue weighted by Crippen LogP contribution is 2.28. The molecule has 0 aliphatic carbocycles. The fraction of sp³-hybridized carbons (Fsp3) is 0.0588. The number of carbonyl (C=O) groups is 1. The smallest absolute Gasteiger partial charge is 0.258 e. The van der Waals surface area contributed by atoms with Crippen LogP contribution in [0.2, 0.25) is 0 Å². The zero-order chi connectivity index (χ0) is 17.4. The number of thiazole rings is 1. The summed E-state index contributed by atoms with van der Waals surface area (Å²) in [4.78, 5) is 20.8. The Bertz CT molecular complexity index is 1070. The van der Waals surface area contributed by atoms with Gasteiger partial charge in [-0.1, -0.05) is 11.3 Å². The molecule has 124 valence electrons. The Morgan fingerprint density at radius 1 is 1.28 bits per heavy atom. The highest BCUT2D eigenvalue weighted by molar-refractivity contribution is 7.20. The van der Waals surface area contributed by atoms with Crippen LogP contribution >= 0.6 is 11.3 Å². The van der Waals surface area contributed by atoms with Crippen LogP contribution in [0.5, 0.6) is 0 Å². The Kier molecular flexibility index (Phi) is 3.73. The highest BCUT2D eigenvalue weighted by Gasteiger charge is 2.15. The van der Waals surface area contributed by atoms with Crippen molar-refractivity contribution in [1.82, 2.24) is 19.7 Å². The number of fused-ring (bicyclic) bond motifs is 1. The molecule has 0 saturated carbocycles. The number of pyridine rings is 1. The van der Waals surface area contributed by atoms with Crippen LogP contribution in [0.4, 0.5) is 10.2 Å². The maximum Gasteiger partial charge on any atom is 0.258 e. The number of benzene rings is 1. The Labute approximate surface area is 146 Å². The molecule has 1 aromatic carbocycles. The SMILES string of the molecule is Cc1cc(NC(=O)c2cccnc2)n(-c2nc3ccc(F)cc3s2)n1. The van der Waals surface area contributed by atoms with Gasteiger partial charge in [0.05, 0.1) is 21.5 Å². The van der Waals surface area contributed by atoms with Crippen LogP contribution in [0.15, 0.2) is 48.8 Å². The molecule has 3 aromatic heterocycles. The molecular formula is C17H12FN5OS. The number of hydrogen-bond acceptors (Lipinski definition) is 5. The van der Waals surface area contributed by atoms with Crippen molar-refractivity contribution >= 4 is 33.3 Å². The average molecular weight is 353 g/mol. The second kappa shape index (κ2) is 6.06. The Hall–Kier alpha value is -3.13. The van der Waals surface area contributed by atoms with E-state index in [0.29, 0.717) is 26.7 Å². The van der Waals surface area contributed by atoms with E-state index in [1.165, 1.54) is 29.7 Å². The van der Waals surface area contributed by atoms with E-state index in [-0.39, 0.29) is 11.7 Å². The van der Waals surface area contributed by atoms with Gasteiger partial charge in [-0.3, -0.25) is 9.78 Å². The molecule has 3 heterocycles. The molecule has 0 bridgehead atoms. The molecule has 8 heteroatoms. The minimum Gasteiger partial charge on any atom is -0.306 e. The summed E-state index contributed by atoms with van der Waals surface area (Å²) in [5.41, 5.74) is 1.85. The summed E-state index contributed by atoms with van der Waals surface area (Å²) in [5.74, 6) is -0.114. The van der Waals surface area contributed by atoms with Gasteiger partial charge >= 0.3 is 0 Å². The summed E-state index contributed by atoms with van der Waals surface area (Å²) in [6.45, 7) is 1.82. The average Bonchev–Trinajstić information content (AvgIpc) is 3.18. The zero-order valence-corrected chi connectivity index (χ0v) is 13.9. The van der Waals surface area contributed by atoms with E-state index in [2.05, 4.69) is 20.4 Å². The normalized spacial score (nSPS) is 11.0. The minimum absolute atomic E-state index is 0.290. The van der Waals surface area contributed by atoms with Crippen molar-refractivity contribution in [2.75, 3.05) is 5.32 Å². The molecule has 0 aliphatic heterocycles. The number of carbonyl (C=O) groups excluding carboxylic acids is 1. The second-order valence-corrected chi connectivity index (χ2v) is 6.40. The van der Waals surface area contributed by atoms with Crippen LogP contribution in [0.25, 0.3) is 15.3 Å². The zero-order valence-electron chi connectivity index (χ0n) is 13.1. The summed E-state index contributed by atoms with van der Waals surface area (Å²) < 4.78 is 15.6. The van der Waals surface area contributed by atoms with E-state index < -0.39 is 0 Å². The van der Waals surface area contributed by atoms with Gasteiger partial charge in [-0.25, -0.2) is 9.37 Å². The molecule has 4 aromatic rings. The standard InChI is InChI=1S/C17H12FN5OS/c1-10-7-15(21-16(24)11-3-2-6-19-9-11)23(22-10)17-20-13-5-4-12(18)8-14(13)25-17/h2-9H,1H3,(H,21,24). The van der Waals surface area contributed by atoms with Crippen LogP contribution in [0.1, 0.15) is 16.1 Å². The van der Waals surface area contributed by atoms with E-state index in [0.717, 1.165) is 5.69 Å². The Morgan fingerprint density at radius 2 is 2.16 bits per heavy atom. The molecule has 0 unspecified atom stereocenters. The largest absolute Gasteiger partial charge is 0.306 e. The maximum absolute atomic E-state index is 13.4. The van der Waals surface area contributed by atoms with E-state index in [4.69, 9.17) is 0 Å². The van der Waals surface area contributed by atoms with Crippen LogP contribution in [0, 0.1) is 12.7 Å².